The largest absolute Gasteiger partial charge is 0.496 e. The van der Waals surface area contributed by atoms with Gasteiger partial charge in [0.1, 0.15) is 17.2 Å². The lowest BCUT2D eigenvalue weighted by Gasteiger charge is -2.14. The number of nitro benzene ring substituents is 1. The third-order valence-corrected chi connectivity index (χ3v) is 3.78. The lowest BCUT2D eigenvalue weighted by Crippen LogP contribution is -2.34. The Morgan fingerprint density at radius 3 is 2.61 bits per heavy atom. The van der Waals surface area contributed by atoms with E-state index in [1.165, 1.54) is 19.2 Å². The molecule has 0 spiro atoms. The fraction of sp³-hybridized carbons (Fsp3) is 0.263. The lowest BCUT2D eigenvalue weighted by atomic mass is 10.2. The first-order valence-electron chi connectivity index (χ1n) is 8.48. The number of ether oxygens (including phenoxy) is 2. The number of carbonyl (C=O) groups is 1. The third-order valence-electron chi connectivity index (χ3n) is 3.58. The van der Waals surface area contributed by atoms with Crippen molar-refractivity contribution in [3.8, 4) is 11.5 Å². The van der Waals surface area contributed by atoms with E-state index < -0.39 is 10.8 Å². The number of hydrogen-bond acceptors (Lipinski definition) is 6. The van der Waals surface area contributed by atoms with Crippen LogP contribution >= 0.6 is 12.2 Å². The molecule has 28 heavy (non-hydrogen) atoms. The summed E-state index contributed by atoms with van der Waals surface area (Å²) >= 11 is 5.13. The van der Waals surface area contributed by atoms with Gasteiger partial charge in [-0.3, -0.25) is 20.2 Å². The van der Waals surface area contributed by atoms with Gasteiger partial charge in [0, 0.05) is 0 Å². The Kier molecular flexibility index (Phi) is 7.28. The summed E-state index contributed by atoms with van der Waals surface area (Å²) in [6.07, 6.45) is 0. The van der Waals surface area contributed by atoms with Gasteiger partial charge in [-0.15, -0.1) is 0 Å². The summed E-state index contributed by atoms with van der Waals surface area (Å²) in [6, 6.07) is 11.1. The smallest absolute Gasteiger partial charge is 0.296 e. The summed E-state index contributed by atoms with van der Waals surface area (Å²) in [4.78, 5) is 23.2. The van der Waals surface area contributed by atoms with E-state index >= 15 is 0 Å². The standard InChI is InChI=1S/C19H21N3O5S/c1-12(2)11-27-17-7-5-4-6-14(17)18(23)21-19(28)20-15-9-8-13(26-3)10-16(15)22(24)25/h4-10,12H,11H2,1-3H3,(H2,20,21,23,28). The molecule has 0 saturated heterocycles. The van der Waals surface area contributed by atoms with Gasteiger partial charge in [0.25, 0.3) is 11.6 Å². The number of nitrogens with zero attached hydrogens (tertiary/aromatic N) is 1. The van der Waals surface area contributed by atoms with Gasteiger partial charge < -0.3 is 14.8 Å². The molecule has 8 nitrogen and oxygen atoms in total. The van der Waals surface area contributed by atoms with Crippen molar-refractivity contribution in [1.82, 2.24) is 5.32 Å². The van der Waals surface area contributed by atoms with Gasteiger partial charge in [-0.2, -0.15) is 0 Å². The fourth-order valence-corrected chi connectivity index (χ4v) is 2.46. The lowest BCUT2D eigenvalue weighted by molar-refractivity contribution is -0.384. The van der Waals surface area contributed by atoms with Crippen LogP contribution in [0.1, 0.15) is 24.2 Å². The molecule has 0 aliphatic heterocycles. The number of carbonyl (C=O) groups excluding carboxylic acids is 1. The Morgan fingerprint density at radius 1 is 1.25 bits per heavy atom. The molecule has 0 atom stereocenters. The Balaban J connectivity index is 2.12. The quantitative estimate of drug-likeness (QED) is 0.412. The number of amides is 1. The number of nitro groups is 1. The Bertz CT molecular complexity index is 886. The number of rotatable bonds is 7. The van der Waals surface area contributed by atoms with E-state index in [0.29, 0.717) is 29.6 Å². The first kappa shape index (κ1) is 21.1. The van der Waals surface area contributed by atoms with Crippen LogP contribution in [0.2, 0.25) is 0 Å². The molecule has 0 bridgehead atoms. The molecule has 148 valence electrons. The van der Waals surface area contributed by atoms with Crippen LogP contribution in [0.4, 0.5) is 11.4 Å². The number of benzene rings is 2. The second kappa shape index (κ2) is 9.65. The minimum atomic E-state index is -0.565. The highest BCUT2D eigenvalue weighted by molar-refractivity contribution is 7.80. The van der Waals surface area contributed by atoms with Crippen molar-refractivity contribution in [2.24, 2.45) is 5.92 Å². The molecule has 0 aliphatic carbocycles. The van der Waals surface area contributed by atoms with Crippen molar-refractivity contribution in [3.05, 3.63) is 58.1 Å². The van der Waals surface area contributed by atoms with Crippen molar-refractivity contribution < 1.29 is 19.2 Å². The van der Waals surface area contributed by atoms with Gasteiger partial charge in [-0.05, 0) is 42.4 Å². The van der Waals surface area contributed by atoms with Gasteiger partial charge in [0.2, 0.25) is 0 Å². The summed E-state index contributed by atoms with van der Waals surface area (Å²) < 4.78 is 10.7. The van der Waals surface area contributed by atoms with Crippen molar-refractivity contribution in [2.45, 2.75) is 13.8 Å². The van der Waals surface area contributed by atoms with Crippen LogP contribution in [0.25, 0.3) is 0 Å². The number of methoxy groups -OCH3 is 1. The molecule has 0 aromatic heterocycles. The predicted molar refractivity (Wildman–Crippen MR) is 110 cm³/mol. The van der Waals surface area contributed by atoms with Gasteiger partial charge >= 0.3 is 0 Å². The number of thiocarbonyl (C=S) groups is 1. The summed E-state index contributed by atoms with van der Waals surface area (Å²) in [5, 5.41) is 16.4. The average molecular weight is 403 g/mol. The Hall–Kier alpha value is -3.20. The molecule has 2 aromatic carbocycles. The second-order valence-electron chi connectivity index (χ2n) is 6.25. The van der Waals surface area contributed by atoms with Gasteiger partial charge in [0.05, 0.1) is 30.3 Å². The number of hydrogen-bond donors (Lipinski definition) is 2. The Labute approximate surface area is 168 Å². The molecular weight excluding hydrogens is 382 g/mol. The zero-order chi connectivity index (χ0) is 20.7. The highest BCUT2D eigenvalue weighted by atomic mass is 32.1. The molecule has 0 fully saturated rings. The zero-order valence-corrected chi connectivity index (χ0v) is 16.5. The van der Waals surface area contributed by atoms with Crippen LogP contribution in [0, 0.1) is 16.0 Å². The number of para-hydroxylation sites is 1. The summed E-state index contributed by atoms with van der Waals surface area (Å²) in [7, 11) is 1.41. The SMILES string of the molecule is COc1ccc(NC(=S)NC(=O)c2ccccc2OCC(C)C)c([N+](=O)[O-])c1. The van der Waals surface area contributed by atoms with Gasteiger partial charge in [-0.1, -0.05) is 26.0 Å². The van der Waals surface area contributed by atoms with Crippen LogP contribution in [-0.2, 0) is 0 Å². The number of anilines is 1. The molecule has 2 N–H and O–H groups in total. The second-order valence-corrected chi connectivity index (χ2v) is 6.66. The van der Waals surface area contributed by atoms with Gasteiger partial charge in [0.15, 0.2) is 5.11 Å². The van der Waals surface area contributed by atoms with Crippen LogP contribution in [0.5, 0.6) is 11.5 Å². The van der Waals surface area contributed by atoms with E-state index in [0.717, 1.165) is 0 Å². The van der Waals surface area contributed by atoms with Crippen molar-refractivity contribution in [2.75, 3.05) is 19.0 Å². The highest BCUT2D eigenvalue weighted by Gasteiger charge is 2.18. The average Bonchev–Trinajstić information content (AvgIpc) is 2.66. The minimum absolute atomic E-state index is 0.0723. The maximum atomic E-state index is 12.6. The van der Waals surface area contributed by atoms with E-state index in [9.17, 15) is 14.9 Å². The molecule has 2 aromatic rings. The van der Waals surface area contributed by atoms with E-state index in [1.54, 1.807) is 30.3 Å². The van der Waals surface area contributed by atoms with E-state index in [4.69, 9.17) is 21.7 Å². The zero-order valence-electron chi connectivity index (χ0n) is 15.7. The van der Waals surface area contributed by atoms with Crippen molar-refractivity contribution in [1.29, 1.82) is 0 Å². The highest BCUT2D eigenvalue weighted by Crippen LogP contribution is 2.29. The molecule has 0 saturated carbocycles. The molecule has 9 heteroatoms. The number of nitrogens with one attached hydrogen (secondary N) is 2. The topological polar surface area (TPSA) is 103 Å². The molecule has 0 heterocycles. The minimum Gasteiger partial charge on any atom is -0.496 e. The van der Waals surface area contributed by atoms with Crippen LogP contribution in [0.15, 0.2) is 42.5 Å². The van der Waals surface area contributed by atoms with E-state index in [2.05, 4.69) is 10.6 Å². The van der Waals surface area contributed by atoms with Crippen LogP contribution in [-0.4, -0.2) is 29.7 Å². The molecule has 0 aliphatic rings. The van der Waals surface area contributed by atoms with E-state index in [-0.39, 0.29) is 16.5 Å². The first-order chi connectivity index (χ1) is 13.3. The maximum Gasteiger partial charge on any atom is 0.296 e. The van der Waals surface area contributed by atoms with Crippen LogP contribution in [0.3, 0.4) is 0 Å². The van der Waals surface area contributed by atoms with Crippen LogP contribution < -0.4 is 20.1 Å². The monoisotopic (exact) mass is 403 g/mol. The predicted octanol–water partition coefficient (Wildman–Crippen LogP) is 3.77. The molecule has 0 radical (unpaired) electrons. The molecule has 2 rings (SSSR count). The summed E-state index contributed by atoms with van der Waals surface area (Å²) in [5.74, 6) is 0.595. The normalized spacial score (nSPS) is 10.3. The molecule has 0 unspecified atom stereocenters. The Morgan fingerprint density at radius 2 is 1.96 bits per heavy atom. The van der Waals surface area contributed by atoms with Crippen molar-refractivity contribution in [3.63, 3.8) is 0 Å². The molecular formula is C19H21N3O5S. The van der Waals surface area contributed by atoms with Gasteiger partial charge in [-0.25, -0.2) is 0 Å². The summed E-state index contributed by atoms with van der Waals surface area (Å²) in [6.45, 7) is 4.47. The maximum absolute atomic E-state index is 12.6. The van der Waals surface area contributed by atoms with Crippen molar-refractivity contribution >= 4 is 34.6 Å². The fourth-order valence-electron chi connectivity index (χ4n) is 2.26. The van der Waals surface area contributed by atoms with E-state index in [1.807, 2.05) is 13.8 Å². The third kappa shape index (κ3) is 5.65. The molecule has 1 amide bonds. The first-order valence-corrected chi connectivity index (χ1v) is 8.89. The summed E-state index contributed by atoms with van der Waals surface area (Å²) in [5.41, 5.74) is 0.230.